The summed E-state index contributed by atoms with van der Waals surface area (Å²) in [6.07, 6.45) is 7.09. The average molecular weight is 1190 g/mol. The van der Waals surface area contributed by atoms with Gasteiger partial charge in [0.25, 0.3) is 0 Å². The smallest absolute Gasteiger partial charge is 0.143 e. The third kappa shape index (κ3) is 9.26. The maximum atomic E-state index is 6.97. The number of fused-ring (bicyclic) bond motifs is 18. The second kappa shape index (κ2) is 22.0. The zero-order valence-corrected chi connectivity index (χ0v) is 50.6. The second-order valence-electron chi connectivity index (χ2n) is 24.1. The molecule has 6 nitrogen and oxygen atoms in total. The molecular formula is C87H54N4O2. The lowest BCUT2D eigenvalue weighted by Gasteiger charge is -2.12. The fourth-order valence-corrected chi connectivity index (χ4v) is 14.0. The summed E-state index contributed by atoms with van der Waals surface area (Å²) in [5.74, 6) is 0. The molecule has 0 fully saturated rings. The Morgan fingerprint density at radius 1 is 0.204 bits per heavy atom. The van der Waals surface area contributed by atoms with E-state index in [-0.39, 0.29) is 0 Å². The number of hydrogen-bond acceptors (Lipinski definition) is 6. The lowest BCUT2D eigenvalue weighted by atomic mass is 9.92. The van der Waals surface area contributed by atoms with Crippen LogP contribution in [0.5, 0.6) is 0 Å². The number of nitrogens with zero attached hydrogens (tertiary/aromatic N) is 4. The van der Waals surface area contributed by atoms with Crippen LogP contribution in [0.4, 0.5) is 0 Å². The molecule has 0 saturated carbocycles. The Kier molecular flexibility index (Phi) is 12.7. The highest BCUT2D eigenvalue weighted by molar-refractivity contribution is 6.25. The number of benzene rings is 15. The van der Waals surface area contributed by atoms with Gasteiger partial charge < -0.3 is 8.83 Å². The highest BCUT2D eigenvalue weighted by atomic mass is 16.3. The van der Waals surface area contributed by atoms with Gasteiger partial charge in [-0.1, -0.05) is 230 Å². The summed E-state index contributed by atoms with van der Waals surface area (Å²) in [4.78, 5) is 18.8. The predicted molar refractivity (Wildman–Crippen MR) is 386 cm³/mol. The van der Waals surface area contributed by atoms with E-state index in [0.29, 0.717) is 0 Å². The molecule has 0 saturated heterocycles. The molecule has 15 aromatic carbocycles. The van der Waals surface area contributed by atoms with Gasteiger partial charge in [0.15, 0.2) is 0 Å². The first-order chi connectivity index (χ1) is 46.0. The van der Waals surface area contributed by atoms with Crippen LogP contribution in [0.2, 0.25) is 0 Å². The molecule has 4 heterocycles. The molecule has 0 atom stereocenters. The first kappa shape index (κ1) is 53.6. The van der Waals surface area contributed by atoms with Crippen LogP contribution in [0, 0.1) is 6.92 Å². The van der Waals surface area contributed by atoms with E-state index in [1.807, 2.05) is 0 Å². The third-order valence-corrected chi connectivity index (χ3v) is 18.6. The van der Waals surface area contributed by atoms with Crippen molar-refractivity contribution < 1.29 is 8.83 Å². The quantitative estimate of drug-likeness (QED) is 0.148. The minimum Gasteiger partial charge on any atom is -0.456 e. The first-order valence-corrected chi connectivity index (χ1v) is 31.5. The first-order valence-electron chi connectivity index (χ1n) is 31.5. The zero-order chi connectivity index (χ0) is 61.5. The summed E-state index contributed by atoms with van der Waals surface area (Å²) < 4.78 is 13.0. The standard InChI is InChI=1S/C52H32N2O.C35H22N2O/c1-4-12-33(13-5-1)39-29-44(36-14-6-2-7-15-36)51-47(31-39)48-32-40(30-45(52(48)55-51)37-16-8-3-9-17-37)35-22-20-34(21-23-35)38-24-25-43-46(28-38)41-18-10-11-19-42(41)49-50(43)54-27-26-53-49;1-21-6-14-32-30(18-21)31-20-25(12-15-33(31)38-32)23-9-7-22(8-10-23)24-11-13-28-29(19-24)26-4-2-3-5-27(26)34-35(28)37-17-16-36-34/h1-32H;2-20H,1H3. The normalized spacial score (nSPS) is 11.7. The molecule has 0 bridgehead atoms. The molecule has 0 N–H and O–H groups in total. The van der Waals surface area contributed by atoms with Gasteiger partial charge in [-0.3, -0.25) is 19.9 Å². The van der Waals surface area contributed by atoms with E-state index < -0.39 is 0 Å². The van der Waals surface area contributed by atoms with Gasteiger partial charge in [-0.2, -0.15) is 0 Å². The topological polar surface area (TPSA) is 77.8 Å². The summed E-state index contributed by atoms with van der Waals surface area (Å²) in [5, 5.41) is 13.8. The number of aryl methyl sites for hydroxylation is 1. The predicted octanol–water partition coefficient (Wildman–Crippen LogP) is 23.6. The van der Waals surface area contributed by atoms with Crippen LogP contribution < -0.4 is 0 Å². The molecule has 0 aliphatic carbocycles. The van der Waals surface area contributed by atoms with Gasteiger partial charge in [0, 0.05) is 79.0 Å². The summed E-state index contributed by atoms with van der Waals surface area (Å²) in [6, 6.07) is 102. The maximum absolute atomic E-state index is 6.97. The van der Waals surface area contributed by atoms with E-state index in [9.17, 15) is 0 Å². The van der Waals surface area contributed by atoms with Gasteiger partial charge in [-0.25, -0.2) is 0 Å². The number of hydrogen-bond donors (Lipinski definition) is 0. The van der Waals surface area contributed by atoms with Crippen LogP contribution in [-0.4, -0.2) is 19.9 Å². The fraction of sp³-hybridized carbons (Fsp3) is 0.0115. The van der Waals surface area contributed by atoms with Crippen molar-refractivity contribution in [3.63, 3.8) is 0 Å². The van der Waals surface area contributed by atoms with Crippen molar-refractivity contribution in [2.24, 2.45) is 0 Å². The molecular weight excluding hydrogens is 1130 g/mol. The molecule has 6 heteroatoms. The van der Waals surface area contributed by atoms with E-state index in [1.54, 1.807) is 24.8 Å². The Morgan fingerprint density at radius 2 is 0.516 bits per heavy atom. The Bertz CT molecular complexity index is 6090. The van der Waals surface area contributed by atoms with E-state index in [1.165, 1.54) is 60.3 Å². The average Bonchev–Trinajstić information content (AvgIpc) is 1.64. The van der Waals surface area contributed by atoms with Gasteiger partial charge in [-0.15, -0.1) is 0 Å². The van der Waals surface area contributed by atoms with E-state index in [2.05, 4.69) is 302 Å². The summed E-state index contributed by atoms with van der Waals surface area (Å²) in [6.45, 7) is 2.12. The molecule has 0 aliphatic rings. The summed E-state index contributed by atoms with van der Waals surface area (Å²) >= 11 is 0. The number of furan rings is 2. The molecule has 0 unspecified atom stereocenters. The van der Waals surface area contributed by atoms with Gasteiger partial charge >= 0.3 is 0 Å². The third-order valence-electron chi connectivity index (χ3n) is 18.6. The van der Waals surface area contributed by atoms with Gasteiger partial charge in [-0.05, 0) is 156 Å². The molecule has 0 spiro atoms. The van der Waals surface area contributed by atoms with Crippen molar-refractivity contribution in [1.82, 2.24) is 19.9 Å². The Morgan fingerprint density at radius 3 is 0.957 bits per heavy atom. The molecule has 19 aromatic rings. The highest BCUT2D eigenvalue weighted by Gasteiger charge is 2.21. The summed E-state index contributed by atoms with van der Waals surface area (Å²) in [5.41, 5.74) is 24.7. The zero-order valence-electron chi connectivity index (χ0n) is 50.6. The van der Waals surface area contributed by atoms with Crippen molar-refractivity contribution in [3.05, 3.63) is 315 Å². The van der Waals surface area contributed by atoms with E-state index in [4.69, 9.17) is 18.8 Å². The van der Waals surface area contributed by atoms with E-state index >= 15 is 0 Å². The minimum absolute atomic E-state index is 0.893. The fourth-order valence-electron chi connectivity index (χ4n) is 14.0. The maximum Gasteiger partial charge on any atom is 0.143 e. The van der Waals surface area contributed by atoms with Crippen molar-refractivity contribution in [3.8, 4) is 77.9 Å². The van der Waals surface area contributed by atoms with Crippen molar-refractivity contribution in [1.29, 1.82) is 0 Å². The monoisotopic (exact) mass is 1190 g/mol. The van der Waals surface area contributed by atoms with Crippen LogP contribution >= 0.6 is 0 Å². The highest BCUT2D eigenvalue weighted by Crippen LogP contribution is 2.46. The molecule has 93 heavy (non-hydrogen) atoms. The van der Waals surface area contributed by atoms with Gasteiger partial charge in [0.1, 0.15) is 22.3 Å². The molecule has 0 aliphatic heterocycles. The van der Waals surface area contributed by atoms with Crippen molar-refractivity contribution in [2.75, 3.05) is 0 Å². The minimum atomic E-state index is 0.893. The summed E-state index contributed by atoms with van der Waals surface area (Å²) in [7, 11) is 0. The van der Waals surface area contributed by atoms with Crippen LogP contribution in [-0.2, 0) is 0 Å². The van der Waals surface area contributed by atoms with Crippen LogP contribution in [0.3, 0.4) is 0 Å². The van der Waals surface area contributed by atoms with Crippen molar-refractivity contribution in [2.45, 2.75) is 6.92 Å². The van der Waals surface area contributed by atoms with Gasteiger partial charge in [0.05, 0.1) is 22.1 Å². The van der Waals surface area contributed by atoms with E-state index in [0.717, 1.165) is 132 Å². The van der Waals surface area contributed by atoms with Gasteiger partial charge in [0.2, 0.25) is 0 Å². The SMILES string of the molecule is Cc1ccc2oc3ccc(-c4ccc(-c5ccc6c(c5)c5ccccc5c5nccnc65)cc4)cc3c2c1.c1ccc(-c2cc(-c3ccccc3)c3oc4c(-c5ccccc5)cc(-c5ccc(-c6ccc7c(c6)c6ccccc6c6nccnc76)cc5)cc4c3c2)cc1. The molecule has 4 aromatic heterocycles. The largest absolute Gasteiger partial charge is 0.456 e. The lowest BCUT2D eigenvalue weighted by molar-refractivity contribution is 0.669. The van der Waals surface area contributed by atoms with Crippen LogP contribution in [0.25, 0.3) is 187 Å². The Labute approximate surface area is 535 Å². The molecule has 434 valence electrons. The Hall–Kier alpha value is -12.4. The van der Waals surface area contributed by atoms with Crippen molar-refractivity contribution >= 4 is 109 Å². The molecule has 0 radical (unpaired) electrons. The molecule has 19 rings (SSSR count). The Balaban J connectivity index is 0.000000146. The van der Waals surface area contributed by atoms with Crippen LogP contribution in [0.1, 0.15) is 5.56 Å². The van der Waals surface area contributed by atoms with Crippen LogP contribution in [0.15, 0.2) is 319 Å². The lowest BCUT2D eigenvalue weighted by Crippen LogP contribution is -1.89. The molecule has 0 amide bonds. The second-order valence-corrected chi connectivity index (χ2v) is 24.1. The number of rotatable bonds is 7. The number of aromatic nitrogens is 4.